The zero-order chi connectivity index (χ0) is 20.7. The van der Waals surface area contributed by atoms with Crippen molar-refractivity contribution in [1.29, 1.82) is 0 Å². The molecule has 0 aromatic heterocycles. The summed E-state index contributed by atoms with van der Waals surface area (Å²) in [6.07, 6.45) is 1.00. The number of nitrogens with one attached hydrogen (secondary N) is 2. The number of amides is 2. The summed E-state index contributed by atoms with van der Waals surface area (Å²) in [6, 6.07) is 13.3. The Hall–Kier alpha value is -3.22. The summed E-state index contributed by atoms with van der Waals surface area (Å²) in [5.74, 6) is -0.292. The number of nitro groups is 1. The molecule has 2 aromatic rings. The van der Waals surface area contributed by atoms with Crippen LogP contribution in [0.3, 0.4) is 0 Å². The van der Waals surface area contributed by atoms with Gasteiger partial charge in [-0.15, -0.1) is 0 Å². The Morgan fingerprint density at radius 3 is 2.36 bits per heavy atom. The molecule has 0 saturated carbocycles. The average molecular weight is 383 g/mol. The van der Waals surface area contributed by atoms with Gasteiger partial charge in [0.25, 0.3) is 11.6 Å². The Bertz CT molecular complexity index is 847. The van der Waals surface area contributed by atoms with E-state index in [0.29, 0.717) is 5.92 Å². The average Bonchev–Trinajstić information content (AvgIpc) is 2.66. The molecule has 0 heterocycles. The summed E-state index contributed by atoms with van der Waals surface area (Å²) in [7, 11) is 0. The van der Waals surface area contributed by atoms with Crippen molar-refractivity contribution in [3.63, 3.8) is 0 Å². The third kappa shape index (κ3) is 6.19. The fourth-order valence-corrected chi connectivity index (χ4v) is 2.81. The van der Waals surface area contributed by atoms with E-state index in [1.807, 2.05) is 19.1 Å². The first kappa shape index (κ1) is 21.1. The molecule has 28 heavy (non-hydrogen) atoms. The smallest absolute Gasteiger partial charge is 0.270 e. The van der Waals surface area contributed by atoms with Crippen LogP contribution in [0, 0.1) is 16.0 Å². The van der Waals surface area contributed by atoms with Crippen molar-refractivity contribution in [1.82, 2.24) is 10.6 Å². The minimum absolute atomic E-state index is 0.135. The lowest BCUT2D eigenvalue weighted by Crippen LogP contribution is -2.38. The number of nitrogens with zero attached hydrogens (tertiary/aromatic N) is 1. The highest BCUT2D eigenvalue weighted by Crippen LogP contribution is 2.16. The van der Waals surface area contributed by atoms with Crippen molar-refractivity contribution in [2.75, 3.05) is 6.54 Å². The number of non-ortho nitro benzene ring substituents is 1. The van der Waals surface area contributed by atoms with Gasteiger partial charge in [-0.2, -0.15) is 0 Å². The highest BCUT2D eigenvalue weighted by Gasteiger charge is 2.14. The van der Waals surface area contributed by atoms with Gasteiger partial charge in [-0.1, -0.05) is 44.2 Å². The zero-order valence-corrected chi connectivity index (χ0v) is 16.3. The monoisotopic (exact) mass is 383 g/mol. The van der Waals surface area contributed by atoms with Crippen molar-refractivity contribution >= 4 is 17.5 Å². The molecule has 0 aliphatic rings. The molecule has 0 aliphatic heterocycles. The number of carbonyl (C=O) groups excluding carboxylic acids is 2. The van der Waals surface area contributed by atoms with E-state index in [9.17, 15) is 19.7 Å². The van der Waals surface area contributed by atoms with E-state index in [1.54, 1.807) is 0 Å². The third-order valence-corrected chi connectivity index (χ3v) is 4.23. The maximum absolute atomic E-state index is 12.1. The summed E-state index contributed by atoms with van der Waals surface area (Å²) < 4.78 is 0. The lowest BCUT2D eigenvalue weighted by Gasteiger charge is -2.15. The molecule has 7 nitrogen and oxygen atoms in total. The quantitative estimate of drug-likeness (QED) is 0.539. The number of rotatable bonds is 8. The van der Waals surface area contributed by atoms with Crippen LogP contribution in [0.5, 0.6) is 0 Å². The van der Waals surface area contributed by atoms with Crippen LogP contribution in [0.2, 0.25) is 0 Å². The van der Waals surface area contributed by atoms with Gasteiger partial charge in [0.15, 0.2) is 0 Å². The Labute approximate surface area is 164 Å². The second-order valence-corrected chi connectivity index (χ2v) is 7.12. The van der Waals surface area contributed by atoms with Crippen LogP contribution in [-0.4, -0.2) is 23.3 Å². The second kappa shape index (κ2) is 9.64. The summed E-state index contributed by atoms with van der Waals surface area (Å²) in [5, 5.41) is 16.1. The molecule has 1 atom stereocenters. The van der Waals surface area contributed by atoms with Crippen molar-refractivity contribution in [2.24, 2.45) is 5.92 Å². The van der Waals surface area contributed by atoms with Crippen molar-refractivity contribution < 1.29 is 14.5 Å². The van der Waals surface area contributed by atoms with Gasteiger partial charge in [-0.3, -0.25) is 19.7 Å². The van der Waals surface area contributed by atoms with E-state index in [0.717, 1.165) is 12.0 Å². The van der Waals surface area contributed by atoms with Gasteiger partial charge in [-0.05, 0) is 36.5 Å². The Balaban J connectivity index is 1.87. The van der Waals surface area contributed by atoms with E-state index in [4.69, 9.17) is 0 Å². The Kier molecular flexibility index (Phi) is 7.26. The van der Waals surface area contributed by atoms with E-state index in [-0.39, 0.29) is 29.7 Å². The lowest BCUT2D eigenvalue weighted by molar-refractivity contribution is -0.384. The Morgan fingerprint density at radius 2 is 1.75 bits per heavy atom. The molecular formula is C21H25N3O4. The molecule has 0 unspecified atom stereocenters. The molecule has 2 aromatic carbocycles. The van der Waals surface area contributed by atoms with Crippen molar-refractivity contribution in [2.45, 2.75) is 33.2 Å². The summed E-state index contributed by atoms with van der Waals surface area (Å²) in [5.41, 5.74) is 2.19. The highest BCUT2D eigenvalue weighted by atomic mass is 16.6. The Morgan fingerprint density at radius 1 is 1.07 bits per heavy atom. The molecule has 2 rings (SSSR count). The SMILES string of the molecule is CC(C)Cc1ccc([C@H](C)NC(=O)CNC(=O)c2cccc([N+](=O)[O-])c2)cc1. The first-order valence-electron chi connectivity index (χ1n) is 9.17. The minimum Gasteiger partial charge on any atom is -0.348 e. The fourth-order valence-electron chi connectivity index (χ4n) is 2.81. The molecular weight excluding hydrogens is 358 g/mol. The maximum Gasteiger partial charge on any atom is 0.270 e. The molecule has 0 saturated heterocycles. The largest absolute Gasteiger partial charge is 0.348 e. The molecule has 148 valence electrons. The first-order valence-corrected chi connectivity index (χ1v) is 9.17. The van der Waals surface area contributed by atoms with Crippen LogP contribution in [0.4, 0.5) is 5.69 Å². The van der Waals surface area contributed by atoms with Gasteiger partial charge < -0.3 is 10.6 Å². The minimum atomic E-state index is -0.572. The van der Waals surface area contributed by atoms with Gasteiger partial charge in [0.1, 0.15) is 0 Å². The van der Waals surface area contributed by atoms with Crippen LogP contribution >= 0.6 is 0 Å². The van der Waals surface area contributed by atoms with Crippen molar-refractivity contribution in [3.8, 4) is 0 Å². The lowest BCUT2D eigenvalue weighted by atomic mass is 10.00. The van der Waals surface area contributed by atoms with Crippen LogP contribution < -0.4 is 10.6 Å². The number of hydrogen-bond donors (Lipinski definition) is 2. The molecule has 0 fully saturated rings. The predicted molar refractivity (Wildman–Crippen MR) is 107 cm³/mol. The van der Waals surface area contributed by atoms with Crippen LogP contribution in [0.1, 0.15) is 48.3 Å². The number of nitro benzene ring substituents is 1. The predicted octanol–water partition coefficient (Wildman–Crippen LogP) is 3.40. The van der Waals surface area contributed by atoms with Crippen LogP contribution in [0.25, 0.3) is 0 Å². The number of benzene rings is 2. The molecule has 0 radical (unpaired) electrons. The molecule has 0 aliphatic carbocycles. The van der Waals surface area contributed by atoms with Crippen LogP contribution in [-0.2, 0) is 11.2 Å². The topological polar surface area (TPSA) is 101 Å². The van der Waals surface area contributed by atoms with E-state index in [1.165, 1.54) is 29.8 Å². The van der Waals surface area contributed by atoms with Gasteiger partial charge in [0.2, 0.25) is 5.91 Å². The van der Waals surface area contributed by atoms with E-state index >= 15 is 0 Å². The first-order chi connectivity index (χ1) is 13.3. The molecule has 2 amide bonds. The highest BCUT2D eigenvalue weighted by molar-refractivity contribution is 5.97. The molecule has 7 heteroatoms. The zero-order valence-electron chi connectivity index (χ0n) is 16.3. The summed E-state index contributed by atoms with van der Waals surface area (Å²) in [6.45, 7) is 5.99. The maximum atomic E-state index is 12.1. The van der Waals surface area contributed by atoms with E-state index in [2.05, 4.69) is 36.6 Å². The molecule has 0 bridgehead atoms. The normalized spacial score (nSPS) is 11.7. The standard InChI is InChI=1S/C21H25N3O4/c1-14(2)11-16-7-9-17(10-8-16)15(3)23-20(25)13-22-21(26)18-5-4-6-19(12-18)24(27)28/h4-10,12,14-15H,11,13H2,1-3H3,(H,22,26)(H,23,25)/t15-/m0/s1. The van der Waals surface area contributed by atoms with Gasteiger partial charge in [0.05, 0.1) is 17.5 Å². The van der Waals surface area contributed by atoms with Gasteiger partial charge in [-0.25, -0.2) is 0 Å². The summed E-state index contributed by atoms with van der Waals surface area (Å²) >= 11 is 0. The van der Waals surface area contributed by atoms with Gasteiger partial charge in [0, 0.05) is 17.7 Å². The van der Waals surface area contributed by atoms with Crippen molar-refractivity contribution in [3.05, 3.63) is 75.3 Å². The van der Waals surface area contributed by atoms with Crippen LogP contribution in [0.15, 0.2) is 48.5 Å². The third-order valence-electron chi connectivity index (χ3n) is 4.23. The number of hydrogen-bond acceptors (Lipinski definition) is 4. The number of carbonyl (C=O) groups is 2. The molecule has 2 N–H and O–H groups in total. The van der Waals surface area contributed by atoms with E-state index < -0.39 is 10.8 Å². The second-order valence-electron chi connectivity index (χ2n) is 7.12. The van der Waals surface area contributed by atoms with Gasteiger partial charge >= 0.3 is 0 Å². The fraction of sp³-hybridized carbons (Fsp3) is 0.333. The summed E-state index contributed by atoms with van der Waals surface area (Å²) in [4.78, 5) is 34.4. The molecule has 0 spiro atoms.